The minimum atomic E-state index is -0.258. The molecule has 0 aliphatic heterocycles. The van der Waals surface area contributed by atoms with Crippen LogP contribution < -0.4 is 5.32 Å². The van der Waals surface area contributed by atoms with E-state index in [0.29, 0.717) is 23.3 Å². The number of amides is 1. The summed E-state index contributed by atoms with van der Waals surface area (Å²) in [6, 6.07) is 0. The molecule has 6 bridgehead atoms. The standard InChI is InChI=1S/C23H33NO3/c1-13(2)22(26)24-12-21(25)27-23(20-11-14-3-4-17(20)6-14)18-7-15-5-16(9-18)10-19(23)8-15/h14-20H,1,3-12H2,2H3,(H,24,26). The predicted molar refractivity (Wildman–Crippen MR) is 103 cm³/mol. The van der Waals surface area contributed by atoms with Crippen molar-refractivity contribution in [3.8, 4) is 0 Å². The van der Waals surface area contributed by atoms with Gasteiger partial charge in [-0.2, -0.15) is 0 Å². The van der Waals surface area contributed by atoms with Crippen molar-refractivity contribution >= 4 is 11.9 Å². The minimum absolute atomic E-state index is 0.0272. The highest BCUT2D eigenvalue weighted by Crippen LogP contribution is 2.66. The van der Waals surface area contributed by atoms with Crippen molar-refractivity contribution < 1.29 is 14.3 Å². The molecule has 27 heavy (non-hydrogen) atoms. The van der Waals surface area contributed by atoms with E-state index < -0.39 is 0 Å². The first kappa shape index (κ1) is 17.8. The Kier molecular flexibility index (Phi) is 4.18. The van der Waals surface area contributed by atoms with Crippen molar-refractivity contribution in [1.82, 2.24) is 5.32 Å². The van der Waals surface area contributed by atoms with Crippen LogP contribution in [0, 0.1) is 41.4 Å². The summed E-state index contributed by atoms with van der Waals surface area (Å²) in [5, 5.41) is 2.68. The fourth-order valence-corrected chi connectivity index (χ4v) is 8.10. The van der Waals surface area contributed by atoms with Crippen molar-refractivity contribution in [2.75, 3.05) is 6.54 Å². The first-order chi connectivity index (χ1) is 13.0. The maximum absolute atomic E-state index is 12.9. The average molecular weight is 372 g/mol. The SMILES string of the molecule is C=C(C)C(=O)NCC(=O)OC1(C2CC3CCC2C3)C2CC3CC(C2)CC1C3. The van der Waals surface area contributed by atoms with Gasteiger partial charge in [0, 0.05) is 11.5 Å². The second kappa shape index (κ2) is 6.35. The molecule has 0 aromatic carbocycles. The van der Waals surface area contributed by atoms with Crippen molar-refractivity contribution in [2.24, 2.45) is 41.4 Å². The summed E-state index contributed by atoms with van der Waals surface area (Å²) in [5.41, 5.74) is 0.193. The van der Waals surface area contributed by atoms with Crippen LogP contribution in [-0.4, -0.2) is 24.0 Å². The van der Waals surface area contributed by atoms with Gasteiger partial charge < -0.3 is 10.1 Å². The Hall–Kier alpha value is -1.32. The van der Waals surface area contributed by atoms with E-state index >= 15 is 0 Å². The molecule has 4 heteroatoms. The Morgan fingerprint density at radius 3 is 2.15 bits per heavy atom. The highest BCUT2D eigenvalue weighted by molar-refractivity contribution is 5.94. The lowest BCUT2D eigenvalue weighted by molar-refractivity contribution is -0.234. The van der Waals surface area contributed by atoms with Gasteiger partial charge >= 0.3 is 5.97 Å². The Labute approximate surface area is 162 Å². The summed E-state index contributed by atoms with van der Waals surface area (Å²) in [7, 11) is 0. The minimum Gasteiger partial charge on any atom is -0.457 e. The van der Waals surface area contributed by atoms with E-state index in [0.717, 1.165) is 23.7 Å². The third-order valence-electron chi connectivity index (χ3n) is 8.80. The van der Waals surface area contributed by atoms with Crippen LogP contribution in [-0.2, 0) is 14.3 Å². The molecule has 4 nitrogen and oxygen atoms in total. The monoisotopic (exact) mass is 371 g/mol. The fourth-order valence-electron chi connectivity index (χ4n) is 8.10. The Bertz CT molecular complexity index is 641. The molecule has 6 fully saturated rings. The zero-order chi connectivity index (χ0) is 18.8. The van der Waals surface area contributed by atoms with Crippen molar-refractivity contribution in [1.29, 1.82) is 0 Å². The van der Waals surface area contributed by atoms with E-state index in [4.69, 9.17) is 4.74 Å². The molecular weight excluding hydrogens is 338 g/mol. The number of hydrogen-bond acceptors (Lipinski definition) is 3. The third-order valence-corrected chi connectivity index (χ3v) is 8.80. The zero-order valence-corrected chi connectivity index (χ0v) is 16.5. The van der Waals surface area contributed by atoms with Gasteiger partial charge in [0.15, 0.2) is 0 Å². The number of hydrogen-bond donors (Lipinski definition) is 1. The Morgan fingerprint density at radius 2 is 1.63 bits per heavy atom. The van der Waals surface area contributed by atoms with Crippen molar-refractivity contribution in [3.63, 3.8) is 0 Å². The number of carbonyl (C=O) groups is 2. The second-order valence-electron chi connectivity index (χ2n) is 10.4. The summed E-state index contributed by atoms with van der Waals surface area (Å²) in [5.74, 6) is 4.51. The topological polar surface area (TPSA) is 55.4 Å². The van der Waals surface area contributed by atoms with E-state index in [-0.39, 0.29) is 24.0 Å². The predicted octanol–water partition coefficient (Wildman–Crippen LogP) is 3.85. The van der Waals surface area contributed by atoms with Crippen LogP contribution in [0.2, 0.25) is 0 Å². The van der Waals surface area contributed by atoms with E-state index in [1.165, 1.54) is 57.8 Å². The van der Waals surface area contributed by atoms with Crippen LogP contribution in [0.3, 0.4) is 0 Å². The molecule has 148 valence electrons. The summed E-state index contributed by atoms with van der Waals surface area (Å²) < 4.78 is 6.50. The highest BCUT2D eigenvalue weighted by Gasteiger charge is 2.65. The number of rotatable bonds is 5. The summed E-state index contributed by atoms with van der Waals surface area (Å²) in [6.07, 6.45) is 11.7. The number of ether oxygens (including phenoxy) is 1. The van der Waals surface area contributed by atoms with Crippen LogP contribution in [0.25, 0.3) is 0 Å². The van der Waals surface area contributed by atoms with E-state index in [1.807, 2.05) is 0 Å². The molecule has 1 amide bonds. The van der Waals surface area contributed by atoms with Crippen LogP contribution in [0.5, 0.6) is 0 Å². The van der Waals surface area contributed by atoms with Gasteiger partial charge in [-0.05, 0) is 93.8 Å². The average Bonchev–Trinajstić information content (AvgIpc) is 3.25. The zero-order valence-electron chi connectivity index (χ0n) is 16.5. The Morgan fingerprint density at radius 1 is 0.963 bits per heavy atom. The first-order valence-corrected chi connectivity index (χ1v) is 11.1. The van der Waals surface area contributed by atoms with E-state index in [9.17, 15) is 9.59 Å². The van der Waals surface area contributed by atoms with Crippen LogP contribution in [0.1, 0.15) is 64.7 Å². The molecule has 0 saturated heterocycles. The van der Waals surface area contributed by atoms with Gasteiger partial charge in [0.25, 0.3) is 0 Å². The molecule has 1 N–H and O–H groups in total. The summed E-state index contributed by atoms with van der Waals surface area (Å²) in [6.45, 7) is 5.28. The number of esters is 1. The maximum atomic E-state index is 12.9. The lowest BCUT2D eigenvalue weighted by Crippen LogP contribution is -2.64. The first-order valence-electron chi connectivity index (χ1n) is 11.1. The quantitative estimate of drug-likeness (QED) is 0.590. The number of fused-ring (bicyclic) bond motifs is 2. The van der Waals surface area contributed by atoms with E-state index in [1.54, 1.807) is 6.92 Å². The fraction of sp³-hybridized carbons (Fsp3) is 0.826. The largest absolute Gasteiger partial charge is 0.457 e. The van der Waals surface area contributed by atoms with Gasteiger partial charge in [-0.3, -0.25) is 9.59 Å². The molecule has 6 aliphatic carbocycles. The van der Waals surface area contributed by atoms with Crippen LogP contribution >= 0.6 is 0 Å². The van der Waals surface area contributed by atoms with Gasteiger partial charge in [0.05, 0.1) is 0 Å². The third kappa shape index (κ3) is 2.77. The van der Waals surface area contributed by atoms with Crippen LogP contribution in [0.15, 0.2) is 12.2 Å². The molecular formula is C23H33NO3. The van der Waals surface area contributed by atoms with Gasteiger partial charge in [-0.25, -0.2) is 0 Å². The highest BCUT2D eigenvalue weighted by atomic mass is 16.6. The van der Waals surface area contributed by atoms with Gasteiger partial charge in [0.2, 0.25) is 5.91 Å². The van der Waals surface area contributed by atoms with E-state index in [2.05, 4.69) is 11.9 Å². The molecule has 3 unspecified atom stereocenters. The molecule has 6 rings (SSSR count). The van der Waals surface area contributed by atoms with Gasteiger partial charge in [-0.1, -0.05) is 13.0 Å². The molecule has 0 spiro atoms. The molecule has 0 radical (unpaired) electrons. The molecule has 6 saturated carbocycles. The normalized spacial score (nSPS) is 46.5. The second-order valence-corrected chi connectivity index (χ2v) is 10.4. The number of carbonyl (C=O) groups excluding carboxylic acids is 2. The Balaban J connectivity index is 1.39. The van der Waals surface area contributed by atoms with Crippen LogP contribution in [0.4, 0.5) is 0 Å². The summed E-state index contributed by atoms with van der Waals surface area (Å²) in [4.78, 5) is 24.7. The molecule has 0 aromatic heterocycles. The van der Waals surface area contributed by atoms with Gasteiger partial charge in [0.1, 0.15) is 12.1 Å². The van der Waals surface area contributed by atoms with Gasteiger partial charge in [-0.15, -0.1) is 0 Å². The molecule has 0 heterocycles. The maximum Gasteiger partial charge on any atom is 0.326 e. The molecule has 6 aliphatic rings. The smallest absolute Gasteiger partial charge is 0.326 e. The number of nitrogens with one attached hydrogen (secondary N) is 1. The lowest BCUT2D eigenvalue weighted by Gasteiger charge is -2.63. The summed E-state index contributed by atoms with van der Waals surface area (Å²) >= 11 is 0. The van der Waals surface area contributed by atoms with Crippen molar-refractivity contribution in [2.45, 2.75) is 70.3 Å². The lowest BCUT2D eigenvalue weighted by atomic mass is 9.46. The molecule has 3 atom stereocenters. The van der Waals surface area contributed by atoms with Crippen molar-refractivity contribution in [3.05, 3.63) is 12.2 Å². The molecule has 0 aromatic rings.